The molecule has 1 heterocycles. The third kappa shape index (κ3) is 6.59. The largest absolute Gasteiger partial charge is 0.417 e. The molecule has 1 aliphatic heterocycles. The quantitative estimate of drug-likeness (QED) is 0.597. The number of anilines is 1. The number of hydrogen-bond acceptors (Lipinski definition) is 5. The van der Waals surface area contributed by atoms with Crippen molar-refractivity contribution in [1.82, 2.24) is 10.2 Å². The highest BCUT2D eigenvalue weighted by molar-refractivity contribution is 7.92. The zero-order valence-corrected chi connectivity index (χ0v) is 19.1. The van der Waals surface area contributed by atoms with Crippen LogP contribution in [0.5, 0.6) is 0 Å². The number of rotatable bonds is 8. The van der Waals surface area contributed by atoms with E-state index in [9.17, 15) is 26.4 Å². The standard InChI is InChI=1S/C21H23ClF3N3O4S/c22-19-7-6-16(14-18(19)21(23,24)25)28(33(30,31)17-4-2-1-3-5-17)15-20(29)26-8-9-27-10-12-32-13-11-27/h1-7,14H,8-13,15H2,(H,26,29). The summed E-state index contributed by atoms with van der Waals surface area (Å²) in [6.07, 6.45) is -4.80. The van der Waals surface area contributed by atoms with Gasteiger partial charge in [-0.05, 0) is 30.3 Å². The van der Waals surface area contributed by atoms with Crippen LogP contribution in [0.4, 0.5) is 18.9 Å². The van der Waals surface area contributed by atoms with E-state index in [1.807, 2.05) is 0 Å². The number of hydrogen-bond donors (Lipinski definition) is 1. The number of halogens is 4. The average molecular weight is 506 g/mol. The summed E-state index contributed by atoms with van der Waals surface area (Å²) in [5.74, 6) is -0.647. The fraction of sp³-hybridized carbons (Fsp3) is 0.381. The van der Waals surface area contributed by atoms with Gasteiger partial charge in [0.25, 0.3) is 10.0 Å². The predicted molar refractivity (Wildman–Crippen MR) is 118 cm³/mol. The summed E-state index contributed by atoms with van der Waals surface area (Å²) in [6.45, 7) is 2.72. The van der Waals surface area contributed by atoms with E-state index in [2.05, 4.69) is 10.2 Å². The Morgan fingerprint density at radius 3 is 2.42 bits per heavy atom. The molecule has 7 nitrogen and oxygen atoms in total. The topological polar surface area (TPSA) is 79.0 Å². The molecule has 1 saturated heterocycles. The van der Waals surface area contributed by atoms with Gasteiger partial charge in [-0.15, -0.1) is 0 Å². The van der Waals surface area contributed by atoms with Crippen molar-refractivity contribution in [2.75, 3.05) is 50.2 Å². The normalized spacial score (nSPS) is 15.3. The maximum atomic E-state index is 13.4. The van der Waals surface area contributed by atoms with Crippen molar-refractivity contribution in [1.29, 1.82) is 0 Å². The predicted octanol–water partition coefficient (Wildman–Crippen LogP) is 3.00. The Morgan fingerprint density at radius 2 is 1.79 bits per heavy atom. The van der Waals surface area contributed by atoms with Crippen LogP contribution in [0, 0.1) is 0 Å². The van der Waals surface area contributed by atoms with Crippen molar-refractivity contribution in [3.63, 3.8) is 0 Å². The average Bonchev–Trinajstić information content (AvgIpc) is 2.78. The first-order chi connectivity index (χ1) is 15.6. The monoisotopic (exact) mass is 505 g/mol. The fourth-order valence-electron chi connectivity index (χ4n) is 3.28. The Balaban J connectivity index is 1.84. The lowest BCUT2D eigenvalue weighted by atomic mass is 10.2. The molecule has 1 N–H and O–H groups in total. The molecule has 0 unspecified atom stereocenters. The molecule has 1 aliphatic rings. The smallest absolute Gasteiger partial charge is 0.379 e. The van der Waals surface area contributed by atoms with Crippen LogP contribution in [0.1, 0.15) is 5.56 Å². The number of morpholine rings is 1. The molecule has 0 radical (unpaired) electrons. The second-order valence-electron chi connectivity index (χ2n) is 7.29. The second-order valence-corrected chi connectivity index (χ2v) is 9.56. The summed E-state index contributed by atoms with van der Waals surface area (Å²) in [5.41, 5.74) is -1.51. The van der Waals surface area contributed by atoms with Gasteiger partial charge in [0.2, 0.25) is 5.91 Å². The summed E-state index contributed by atoms with van der Waals surface area (Å²) < 4.78 is 72.5. The SMILES string of the molecule is O=C(CN(c1ccc(Cl)c(C(F)(F)F)c1)S(=O)(=O)c1ccccc1)NCCN1CCOCC1. The summed E-state index contributed by atoms with van der Waals surface area (Å²) in [5, 5.41) is 2.06. The number of nitrogens with one attached hydrogen (secondary N) is 1. The minimum absolute atomic E-state index is 0.158. The minimum Gasteiger partial charge on any atom is -0.379 e. The van der Waals surface area contributed by atoms with Crippen LogP contribution in [0.15, 0.2) is 53.4 Å². The van der Waals surface area contributed by atoms with E-state index in [0.29, 0.717) is 30.1 Å². The van der Waals surface area contributed by atoms with Gasteiger partial charge in [-0.2, -0.15) is 13.2 Å². The van der Waals surface area contributed by atoms with E-state index in [0.717, 1.165) is 25.2 Å². The van der Waals surface area contributed by atoms with Gasteiger partial charge in [-0.3, -0.25) is 14.0 Å². The molecule has 1 fully saturated rings. The summed E-state index contributed by atoms with van der Waals surface area (Å²) in [6, 6.07) is 9.91. The molecular weight excluding hydrogens is 483 g/mol. The van der Waals surface area contributed by atoms with Crippen molar-refractivity contribution in [2.24, 2.45) is 0 Å². The van der Waals surface area contributed by atoms with Crippen molar-refractivity contribution in [2.45, 2.75) is 11.1 Å². The molecule has 2 aromatic rings. The number of carbonyl (C=O) groups excluding carboxylic acids is 1. The third-order valence-corrected chi connectivity index (χ3v) is 7.13. The molecule has 180 valence electrons. The van der Waals surface area contributed by atoms with Gasteiger partial charge >= 0.3 is 6.18 Å². The molecule has 1 amide bonds. The number of amides is 1. The number of alkyl halides is 3. The highest BCUT2D eigenvalue weighted by Gasteiger charge is 2.35. The Hall–Kier alpha value is -2.34. The van der Waals surface area contributed by atoms with Crippen LogP contribution in [0.3, 0.4) is 0 Å². The van der Waals surface area contributed by atoms with Crippen LogP contribution < -0.4 is 9.62 Å². The number of sulfonamides is 1. The number of benzene rings is 2. The van der Waals surface area contributed by atoms with E-state index >= 15 is 0 Å². The zero-order valence-electron chi connectivity index (χ0n) is 17.5. The van der Waals surface area contributed by atoms with Crippen molar-refractivity contribution < 1.29 is 31.1 Å². The van der Waals surface area contributed by atoms with E-state index < -0.39 is 39.2 Å². The molecule has 0 aromatic heterocycles. The van der Waals surface area contributed by atoms with Gasteiger partial charge in [-0.25, -0.2) is 8.42 Å². The van der Waals surface area contributed by atoms with Crippen LogP contribution in [-0.4, -0.2) is 65.2 Å². The molecule has 33 heavy (non-hydrogen) atoms. The van der Waals surface area contributed by atoms with Gasteiger partial charge in [0.15, 0.2) is 0 Å². The molecule has 0 aliphatic carbocycles. The third-order valence-electron chi connectivity index (χ3n) is 5.02. The molecule has 12 heteroatoms. The highest BCUT2D eigenvalue weighted by atomic mass is 35.5. The first-order valence-corrected chi connectivity index (χ1v) is 11.9. The van der Waals surface area contributed by atoms with E-state index in [4.69, 9.17) is 16.3 Å². The van der Waals surface area contributed by atoms with Crippen molar-refractivity contribution in [3.05, 3.63) is 59.1 Å². The van der Waals surface area contributed by atoms with Crippen molar-refractivity contribution >= 4 is 33.2 Å². The lowest BCUT2D eigenvalue weighted by Gasteiger charge is -2.27. The number of carbonyl (C=O) groups is 1. The zero-order chi connectivity index (χ0) is 24.1. The molecule has 3 rings (SSSR count). The van der Waals surface area contributed by atoms with E-state index in [-0.39, 0.29) is 17.1 Å². The molecule has 0 bridgehead atoms. The summed E-state index contributed by atoms with van der Waals surface area (Å²) in [4.78, 5) is 14.5. The number of ether oxygens (including phenoxy) is 1. The number of nitrogens with zero attached hydrogens (tertiary/aromatic N) is 2. The Kier molecular flexibility index (Phi) is 8.22. The first-order valence-electron chi connectivity index (χ1n) is 10.1. The van der Waals surface area contributed by atoms with Crippen LogP contribution >= 0.6 is 11.6 Å². The van der Waals surface area contributed by atoms with Gasteiger partial charge in [0, 0.05) is 26.2 Å². The Bertz CT molecular complexity index is 1060. The molecule has 0 spiro atoms. The highest BCUT2D eigenvalue weighted by Crippen LogP contribution is 2.37. The van der Waals surface area contributed by atoms with Crippen LogP contribution in [0.2, 0.25) is 5.02 Å². The van der Waals surface area contributed by atoms with Crippen molar-refractivity contribution in [3.8, 4) is 0 Å². The second kappa shape index (κ2) is 10.7. The van der Waals surface area contributed by atoms with Gasteiger partial charge in [0.05, 0.1) is 34.4 Å². The molecule has 0 saturated carbocycles. The van der Waals surface area contributed by atoms with Crippen LogP contribution in [-0.2, 0) is 25.7 Å². The molecule has 0 atom stereocenters. The minimum atomic E-state index is -4.80. The Labute approximate surface area is 195 Å². The first kappa shape index (κ1) is 25.3. The van der Waals surface area contributed by atoms with Crippen LogP contribution in [0.25, 0.3) is 0 Å². The van der Waals surface area contributed by atoms with E-state index in [1.165, 1.54) is 24.3 Å². The van der Waals surface area contributed by atoms with Gasteiger partial charge in [-0.1, -0.05) is 29.8 Å². The maximum Gasteiger partial charge on any atom is 0.417 e. The lowest BCUT2D eigenvalue weighted by molar-refractivity contribution is -0.137. The Morgan fingerprint density at radius 1 is 1.12 bits per heavy atom. The molecular formula is C21H23ClF3N3O4S. The fourth-order valence-corrected chi connectivity index (χ4v) is 4.94. The summed E-state index contributed by atoms with van der Waals surface area (Å²) in [7, 11) is -4.33. The van der Waals surface area contributed by atoms with Gasteiger partial charge < -0.3 is 10.1 Å². The lowest BCUT2D eigenvalue weighted by Crippen LogP contribution is -2.44. The maximum absolute atomic E-state index is 13.4. The molecule has 2 aromatic carbocycles. The summed E-state index contributed by atoms with van der Waals surface area (Å²) >= 11 is 5.68. The van der Waals surface area contributed by atoms with E-state index in [1.54, 1.807) is 6.07 Å². The van der Waals surface area contributed by atoms with Gasteiger partial charge in [0.1, 0.15) is 6.54 Å².